The molecule has 0 aliphatic heterocycles. The predicted molar refractivity (Wildman–Crippen MR) is 49.5 cm³/mol. The monoisotopic (exact) mass is 210 g/mol. The SMILES string of the molecule is C=CC[C@@]1(C)CCC[C@@H]1S(=O)[O-].[Na+]. The fraction of sp³-hybridized carbons (Fsp3) is 0.778. The van der Waals surface area contributed by atoms with Crippen LogP contribution in [0.3, 0.4) is 0 Å². The Balaban J connectivity index is 0.00000144. The topological polar surface area (TPSA) is 40.1 Å². The maximum atomic E-state index is 10.9. The summed E-state index contributed by atoms with van der Waals surface area (Å²) < 4.78 is 21.7. The fourth-order valence-corrected chi connectivity index (χ4v) is 3.13. The van der Waals surface area contributed by atoms with Crippen LogP contribution in [-0.4, -0.2) is 14.0 Å². The van der Waals surface area contributed by atoms with Gasteiger partial charge in [-0.1, -0.05) is 30.5 Å². The summed E-state index contributed by atoms with van der Waals surface area (Å²) in [4.78, 5) is 0. The van der Waals surface area contributed by atoms with E-state index in [9.17, 15) is 8.76 Å². The van der Waals surface area contributed by atoms with E-state index < -0.39 is 11.1 Å². The molecule has 0 aromatic rings. The van der Waals surface area contributed by atoms with Crippen LogP contribution in [-0.2, 0) is 11.1 Å². The summed E-state index contributed by atoms with van der Waals surface area (Å²) in [5.74, 6) is 0. The van der Waals surface area contributed by atoms with Crippen LogP contribution in [0.2, 0.25) is 0 Å². The van der Waals surface area contributed by atoms with Gasteiger partial charge in [0, 0.05) is 5.25 Å². The summed E-state index contributed by atoms with van der Waals surface area (Å²) in [5, 5.41) is -0.157. The number of hydrogen-bond donors (Lipinski definition) is 0. The minimum absolute atomic E-state index is 0. The van der Waals surface area contributed by atoms with Crippen molar-refractivity contribution in [3.63, 3.8) is 0 Å². The van der Waals surface area contributed by atoms with Crippen LogP contribution >= 0.6 is 0 Å². The van der Waals surface area contributed by atoms with Gasteiger partial charge in [0.1, 0.15) is 0 Å². The van der Waals surface area contributed by atoms with E-state index in [1.807, 2.05) is 13.0 Å². The molecule has 0 aromatic carbocycles. The molecular formula is C9H15NaO2S. The van der Waals surface area contributed by atoms with Gasteiger partial charge in [-0.3, -0.25) is 4.21 Å². The zero-order chi connectivity index (χ0) is 9.19. The molecule has 1 aliphatic rings. The van der Waals surface area contributed by atoms with E-state index in [4.69, 9.17) is 0 Å². The smallest absolute Gasteiger partial charge is 0.772 e. The van der Waals surface area contributed by atoms with E-state index in [2.05, 4.69) is 6.58 Å². The molecule has 1 saturated carbocycles. The zero-order valence-corrected chi connectivity index (χ0v) is 11.2. The molecule has 0 heterocycles. The largest absolute Gasteiger partial charge is 1.00 e. The maximum absolute atomic E-state index is 10.9. The van der Waals surface area contributed by atoms with Crippen LogP contribution in [0.5, 0.6) is 0 Å². The molecule has 0 spiro atoms. The minimum atomic E-state index is -1.91. The van der Waals surface area contributed by atoms with Gasteiger partial charge in [-0.25, -0.2) is 0 Å². The second-order valence-electron chi connectivity index (χ2n) is 3.79. The van der Waals surface area contributed by atoms with E-state index >= 15 is 0 Å². The summed E-state index contributed by atoms with van der Waals surface area (Å²) in [6.45, 7) is 5.71. The van der Waals surface area contributed by atoms with Crippen molar-refractivity contribution < 1.29 is 38.3 Å². The van der Waals surface area contributed by atoms with E-state index in [0.717, 1.165) is 25.7 Å². The van der Waals surface area contributed by atoms with Crippen LogP contribution in [0.4, 0.5) is 0 Å². The fourth-order valence-electron chi connectivity index (χ4n) is 2.09. The Labute approximate surface area is 105 Å². The van der Waals surface area contributed by atoms with E-state index in [1.54, 1.807) is 0 Å². The third-order valence-electron chi connectivity index (χ3n) is 2.83. The minimum Gasteiger partial charge on any atom is -0.772 e. The molecule has 1 unspecified atom stereocenters. The Morgan fingerprint density at radius 2 is 2.38 bits per heavy atom. The molecule has 2 nitrogen and oxygen atoms in total. The summed E-state index contributed by atoms with van der Waals surface area (Å²) in [5.41, 5.74) is -0.0473. The first kappa shape index (κ1) is 13.8. The van der Waals surface area contributed by atoms with Crippen LogP contribution in [0.15, 0.2) is 12.7 Å². The molecule has 0 N–H and O–H groups in total. The van der Waals surface area contributed by atoms with Crippen LogP contribution in [0.1, 0.15) is 32.6 Å². The van der Waals surface area contributed by atoms with Crippen LogP contribution in [0, 0.1) is 5.41 Å². The molecule has 4 heteroatoms. The molecule has 1 fully saturated rings. The summed E-state index contributed by atoms with van der Waals surface area (Å²) in [6, 6.07) is 0. The van der Waals surface area contributed by atoms with Gasteiger partial charge in [-0.2, -0.15) is 0 Å². The zero-order valence-electron chi connectivity index (χ0n) is 8.41. The average Bonchev–Trinajstić information content (AvgIpc) is 2.32. The molecule has 13 heavy (non-hydrogen) atoms. The second kappa shape index (κ2) is 5.66. The van der Waals surface area contributed by atoms with Gasteiger partial charge in [-0.05, 0) is 24.7 Å². The van der Waals surface area contributed by atoms with Gasteiger partial charge in [0.2, 0.25) is 0 Å². The Morgan fingerprint density at radius 1 is 1.77 bits per heavy atom. The molecule has 0 bridgehead atoms. The Bertz CT molecular complexity index is 208. The van der Waals surface area contributed by atoms with Crippen molar-refractivity contribution in [3.8, 4) is 0 Å². The third-order valence-corrected chi connectivity index (χ3v) is 4.10. The van der Waals surface area contributed by atoms with Gasteiger partial charge in [-0.15, -0.1) is 6.58 Å². The van der Waals surface area contributed by atoms with Gasteiger partial charge in [0.05, 0.1) is 0 Å². The van der Waals surface area contributed by atoms with Crippen molar-refractivity contribution in [2.24, 2.45) is 5.41 Å². The van der Waals surface area contributed by atoms with E-state index in [-0.39, 0.29) is 40.2 Å². The molecule has 0 aromatic heterocycles. The number of allylic oxidation sites excluding steroid dienone is 1. The van der Waals surface area contributed by atoms with Gasteiger partial charge in [0.25, 0.3) is 0 Å². The average molecular weight is 210 g/mol. The summed E-state index contributed by atoms with van der Waals surface area (Å²) >= 11 is -1.91. The van der Waals surface area contributed by atoms with E-state index in [0.29, 0.717) is 0 Å². The first-order valence-electron chi connectivity index (χ1n) is 4.29. The normalized spacial score (nSPS) is 35.1. The van der Waals surface area contributed by atoms with Gasteiger partial charge < -0.3 is 4.55 Å². The standard InChI is InChI=1S/C9H16O2S.Na/c1-3-6-9(2)7-4-5-8(9)12(10)11;/h3,8H,1,4-7H2,2H3,(H,10,11);/q;+1/p-1/t8-,9-;/m0./s1. The molecule has 0 saturated heterocycles. The van der Waals surface area contributed by atoms with Crippen molar-refractivity contribution in [2.75, 3.05) is 0 Å². The van der Waals surface area contributed by atoms with Crippen molar-refractivity contribution in [1.82, 2.24) is 0 Å². The molecule has 3 atom stereocenters. The molecule has 1 rings (SSSR count). The molecule has 70 valence electrons. The molecule has 1 aliphatic carbocycles. The third kappa shape index (κ3) is 3.17. The van der Waals surface area contributed by atoms with Gasteiger partial charge in [0.15, 0.2) is 0 Å². The maximum Gasteiger partial charge on any atom is 1.00 e. The van der Waals surface area contributed by atoms with Crippen molar-refractivity contribution >= 4 is 11.1 Å². The molecule has 0 amide bonds. The molecular weight excluding hydrogens is 195 g/mol. The number of hydrogen-bond acceptors (Lipinski definition) is 2. The first-order chi connectivity index (χ1) is 5.60. The molecule has 0 radical (unpaired) electrons. The first-order valence-corrected chi connectivity index (χ1v) is 5.43. The van der Waals surface area contributed by atoms with Crippen LogP contribution < -0.4 is 29.6 Å². The predicted octanol–water partition coefficient (Wildman–Crippen LogP) is -0.996. The van der Waals surface area contributed by atoms with E-state index in [1.165, 1.54) is 0 Å². The Hall–Kier alpha value is 0.850. The van der Waals surface area contributed by atoms with Crippen molar-refractivity contribution in [3.05, 3.63) is 12.7 Å². The van der Waals surface area contributed by atoms with Crippen molar-refractivity contribution in [2.45, 2.75) is 37.9 Å². The van der Waals surface area contributed by atoms with Crippen LogP contribution in [0.25, 0.3) is 0 Å². The summed E-state index contributed by atoms with van der Waals surface area (Å²) in [6.07, 6.45) is 5.50. The Kier molecular flexibility index (Phi) is 6.03. The van der Waals surface area contributed by atoms with Crippen molar-refractivity contribution in [1.29, 1.82) is 0 Å². The Morgan fingerprint density at radius 3 is 2.85 bits per heavy atom. The second-order valence-corrected chi connectivity index (χ2v) is 4.88. The summed E-state index contributed by atoms with van der Waals surface area (Å²) in [7, 11) is 0. The quantitative estimate of drug-likeness (QED) is 0.341. The van der Waals surface area contributed by atoms with Gasteiger partial charge >= 0.3 is 29.6 Å². The number of rotatable bonds is 3.